The number of nitrogens with zero attached hydrogens (tertiary/aromatic N) is 1. The van der Waals surface area contributed by atoms with Crippen LogP contribution in [0.4, 0.5) is 0 Å². The van der Waals surface area contributed by atoms with Crippen molar-refractivity contribution in [2.45, 2.75) is 24.6 Å². The molecule has 4 heteroatoms. The fraction of sp³-hybridized carbons (Fsp3) is 0.571. The van der Waals surface area contributed by atoms with Gasteiger partial charge in [-0.05, 0) is 43.5 Å². The van der Waals surface area contributed by atoms with Gasteiger partial charge in [0.2, 0.25) is 6.79 Å². The molecule has 0 radical (unpaired) electrons. The number of rotatable bonds is 3. The van der Waals surface area contributed by atoms with Crippen LogP contribution in [0, 0.1) is 0 Å². The maximum absolute atomic E-state index is 6.19. The molecule has 1 fully saturated rings. The van der Waals surface area contributed by atoms with Crippen LogP contribution in [0.5, 0.6) is 11.5 Å². The Balaban J connectivity index is 1.56. The van der Waals surface area contributed by atoms with Crippen molar-refractivity contribution in [1.82, 2.24) is 4.90 Å². The molecule has 1 saturated heterocycles. The highest BCUT2D eigenvalue weighted by molar-refractivity contribution is 6.20. The zero-order valence-electron chi connectivity index (χ0n) is 10.4. The molecular weight excluding hydrogens is 250 g/mol. The summed E-state index contributed by atoms with van der Waals surface area (Å²) in [6.07, 6.45) is 3.41. The first-order chi connectivity index (χ1) is 8.81. The third-order valence-corrected chi connectivity index (χ3v) is 3.96. The number of piperidine rings is 1. The lowest BCUT2D eigenvalue weighted by Crippen LogP contribution is -2.37. The quantitative estimate of drug-likeness (QED) is 0.786. The van der Waals surface area contributed by atoms with E-state index in [1.54, 1.807) is 0 Å². The average Bonchev–Trinajstić information content (AvgIpc) is 2.84. The molecule has 0 spiro atoms. The fourth-order valence-corrected chi connectivity index (χ4v) is 2.94. The molecule has 1 aromatic carbocycles. The van der Waals surface area contributed by atoms with Gasteiger partial charge in [0.1, 0.15) is 0 Å². The van der Waals surface area contributed by atoms with Gasteiger partial charge < -0.3 is 14.4 Å². The molecule has 0 saturated carbocycles. The SMILES string of the molecule is Cl[C@@H]1CCCN(CCc2ccc3c(c2)OCO3)C1. The van der Waals surface area contributed by atoms with Crippen LogP contribution in [0.25, 0.3) is 0 Å². The lowest BCUT2D eigenvalue weighted by atomic mass is 10.1. The number of hydrogen-bond acceptors (Lipinski definition) is 3. The van der Waals surface area contributed by atoms with Crippen molar-refractivity contribution in [2.24, 2.45) is 0 Å². The molecule has 3 nitrogen and oxygen atoms in total. The molecule has 3 rings (SSSR count). The number of alkyl halides is 1. The molecule has 2 aliphatic heterocycles. The lowest BCUT2D eigenvalue weighted by molar-refractivity contribution is 0.174. The van der Waals surface area contributed by atoms with E-state index in [9.17, 15) is 0 Å². The van der Waals surface area contributed by atoms with Crippen LogP contribution >= 0.6 is 11.6 Å². The van der Waals surface area contributed by atoms with Crippen LogP contribution in [0.3, 0.4) is 0 Å². The minimum Gasteiger partial charge on any atom is -0.454 e. The summed E-state index contributed by atoms with van der Waals surface area (Å²) in [5.74, 6) is 1.74. The maximum Gasteiger partial charge on any atom is 0.231 e. The van der Waals surface area contributed by atoms with Gasteiger partial charge in [0.15, 0.2) is 11.5 Å². The lowest BCUT2D eigenvalue weighted by Gasteiger charge is -2.29. The van der Waals surface area contributed by atoms with Crippen molar-refractivity contribution in [1.29, 1.82) is 0 Å². The summed E-state index contributed by atoms with van der Waals surface area (Å²) >= 11 is 6.19. The fourth-order valence-electron chi connectivity index (χ4n) is 2.59. The minimum atomic E-state index is 0.329. The largest absolute Gasteiger partial charge is 0.454 e. The minimum absolute atomic E-state index is 0.329. The first kappa shape index (κ1) is 12.1. The predicted molar refractivity (Wildman–Crippen MR) is 71.6 cm³/mol. The van der Waals surface area contributed by atoms with Crippen LogP contribution in [-0.4, -0.2) is 36.7 Å². The van der Waals surface area contributed by atoms with E-state index in [0.717, 1.165) is 37.4 Å². The van der Waals surface area contributed by atoms with E-state index >= 15 is 0 Å². The Hall–Kier alpha value is -0.930. The summed E-state index contributed by atoms with van der Waals surface area (Å²) in [5.41, 5.74) is 1.30. The first-order valence-electron chi connectivity index (χ1n) is 6.56. The number of likely N-dealkylation sites (tertiary alicyclic amines) is 1. The molecule has 0 amide bonds. The van der Waals surface area contributed by atoms with E-state index < -0.39 is 0 Å². The smallest absolute Gasteiger partial charge is 0.231 e. The van der Waals surface area contributed by atoms with E-state index in [1.807, 2.05) is 6.07 Å². The summed E-state index contributed by atoms with van der Waals surface area (Å²) in [6, 6.07) is 6.21. The van der Waals surface area contributed by atoms with E-state index in [2.05, 4.69) is 17.0 Å². The van der Waals surface area contributed by atoms with Gasteiger partial charge >= 0.3 is 0 Å². The zero-order chi connectivity index (χ0) is 12.4. The van der Waals surface area contributed by atoms with E-state index in [4.69, 9.17) is 21.1 Å². The van der Waals surface area contributed by atoms with Crippen LogP contribution in [0.15, 0.2) is 18.2 Å². The Labute approximate surface area is 113 Å². The van der Waals surface area contributed by atoms with Crippen LogP contribution in [0.2, 0.25) is 0 Å². The highest BCUT2D eigenvalue weighted by atomic mass is 35.5. The molecule has 2 heterocycles. The second kappa shape index (κ2) is 5.37. The number of ether oxygens (including phenoxy) is 2. The standard InChI is InChI=1S/C14H18ClNO2/c15-12-2-1-6-16(9-12)7-5-11-3-4-13-14(8-11)18-10-17-13/h3-4,8,12H,1-2,5-7,9-10H2/t12-/m1/s1. The van der Waals surface area contributed by atoms with Gasteiger partial charge in [0.05, 0.1) is 0 Å². The number of fused-ring (bicyclic) bond motifs is 1. The van der Waals surface area contributed by atoms with E-state index in [1.165, 1.54) is 18.5 Å². The molecule has 0 N–H and O–H groups in total. The molecule has 0 bridgehead atoms. The van der Waals surface area contributed by atoms with Crippen molar-refractivity contribution in [3.63, 3.8) is 0 Å². The Morgan fingerprint density at radius 1 is 1.28 bits per heavy atom. The second-order valence-corrected chi connectivity index (χ2v) is 5.59. The van der Waals surface area contributed by atoms with Gasteiger partial charge in [-0.1, -0.05) is 6.07 Å². The van der Waals surface area contributed by atoms with Gasteiger partial charge in [-0.15, -0.1) is 11.6 Å². The molecule has 1 atom stereocenters. The van der Waals surface area contributed by atoms with Crippen LogP contribution in [-0.2, 0) is 6.42 Å². The summed E-state index contributed by atoms with van der Waals surface area (Å²) in [6.45, 7) is 3.61. The highest BCUT2D eigenvalue weighted by Crippen LogP contribution is 2.32. The Kier molecular flexibility index (Phi) is 3.62. The van der Waals surface area contributed by atoms with Crippen molar-refractivity contribution in [3.05, 3.63) is 23.8 Å². The van der Waals surface area contributed by atoms with Gasteiger partial charge in [0.25, 0.3) is 0 Å². The molecule has 1 aromatic rings. The topological polar surface area (TPSA) is 21.7 Å². The molecule has 18 heavy (non-hydrogen) atoms. The third kappa shape index (κ3) is 2.73. The maximum atomic E-state index is 6.19. The predicted octanol–water partition coefficient (Wildman–Crippen LogP) is 2.66. The Morgan fingerprint density at radius 2 is 2.17 bits per heavy atom. The van der Waals surface area contributed by atoms with Crippen molar-refractivity contribution in [2.75, 3.05) is 26.4 Å². The van der Waals surface area contributed by atoms with Gasteiger partial charge in [-0.3, -0.25) is 0 Å². The second-order valence-electron chi connectivity index (χ2n) is 4.98. The number of hydrogen-bond donors (Lipinski definition) is 0. The van der Waals surface area contributed by atoms with Crippen molar-refractivity contribution >= 4 is 11.6 Å². The molecule has 0 unspecified atom stereocenters. The van der Waals surface area contributed by atoms with Crippen LogP contribution in [0.1, 0.15) is 18.4 Å². The molecule has 0 aliphatic carbocycles. The Bertz CT molecular complexity index is 424. The van der Waals surface area contributed by atoms with Gasteiger partial charge in [-0.25, -0.2) is 0 Å². The van der Waals surface area contributed by atoms with Crippen LogP contribution < -0.4 is 9.47 Å². The first-order valence-corrected chi connectivity index (χ1v) is 7.00. The molecule has 0 aromatic heterocycles. The summed E-state index contributed by atoms with van der Waals surface area (Å²) in [7, 11) is 0. The number of halogens is 1. The average molecular weight is 268 g/mol. The van der Waals surface area contributed by atoms with Crippen molar-refractivity contribution in [3.8, 4) is 11.5 Å². The summed E-state index contributed by atoms with van der Waals surface area (Å²) in [4.78, 5) is 2.45. The van der Waals surface area contributed by atoms with Gasteiger partial charge in [0, 0.05) is 18.5 Å². The molecule has 2 aliphatic rings. The summed E-state index contributed by atoms with van der Waals surface area (Å²) in [5, 5.41) is 0.329. The highest BCUT2D eigenvalue weighted by Gasteiger charge is 2.18. The monoisotopic (exact) mass is 267 g/mol. The molecular formula is C14H18ClNO2. The number of benzene rings is 1. The van der Waals surface area contributed by atoms with E-state index in [-0.39, 0.29) is 0 Å². The zero-order valence-corrected chi connectivity index (χ0v) is 11.2. The summed E-state index contributed by atoms with van der Waals surface area (Å²) < 4.78 is 10.7. The van der Waals surface area contributed by atoms with Gasteiger partial charge in [-0.2, -0.15) is 0 Å². The third-order valence-electron chi connectivity index (χ3n) is 3.60. The van der Waals surface area contributed by atoms with Crippen molar-refractivity contribution < 1.29 is 9.47 Å². The van der Waals surface area contributed by atoms with E-state index in [0.29, 0.717) is 12.2 Å². The molecule has 98 valence electrons. The normalized spacial score (nSPS) is 23.3. The Morgan fingerprint density at radius 3 is 3.06 bits per heavy atom.